The highest BCUT2D eigenvalue weighted by molar-refractivity contribution is 6.53. The quantitative estimate of drug-likeness (QED) is 0.769. The SMILES string of the molecule is CCN(C(=O)C1(C)CC1(Cl)Cl)c1ccccc1. The van der Waals surface area contributed by atoms with Crippen molar-refractivity contribution in [3.63, 3.8) is 0 Å². The van der Waals surface area contributed by atoms with Crippen LogP contribution in [0.5, 0.6) is 0 Å². The number of carbonyl (C=O) groups is 1. The summed E-state index contributed by atoms with van der Waals surface area (Å²) in [6.07, 6.45) is 0.519. The predicted octanol–water partition coefficient (Wildman–Crippen LogP) is 3.62. The zero-order chi connectivity index (χ0) is 12.7. The Balaban J connectivity index is 2.24. The molecule has 0 radical (unpaired) electrons. The molecule has 0 aliphatic heterocycles. The van der Waals surface area contributed by atoms with Gasteiger partial charge in [0.1, 0.15) is 4.33 Å². The van der Waals surface area contributed by atoms with Crippen LogP contribution in [0, 0.1) is 5.41 Å². The van der Waals surface area contributed by atoms with Gasteiger partial charge in [0.15, 0.2) is 0 Å². The monoisotopic (exact) mass is 271 g/mol. The first-order chi connectivity index (χ1) is 7.92. The van der Waals surface area contributed by atoms with Crippen LogP contribution >= 0.6 is 23.2 Å². The molecule has 1 aromatic rings. The summed E-state index contributed by atoms with van der Waals surface area (Å²) >= 11 is 12.1. The maximum absolute atomic E-state index is 12.4. The molecule has 1 aliphatic rings. The van der Waals surface area contributed by atoms with E-state index in [2.05, 4.69) is 0 Å². The van der Waals surface area contributed by atoms with Crippen LogP contribution in [-0.4, -0.2) is 16.8 Å². The molecule has 2 nitrogen and oxygen atoms in total. The fourth-order valence-electron chi connectivity index (χ4n) is 1.98. The molecule has 1 unspecified atom stereocenters. The van der Waals surface area contributed by atoms with Gasteiger partial charge in [-0.05, 0) is 32.4 Å². The van der Waals surface area contributed by atoms with E-state index < -0.39 is 9.75 Å². The molecular weight excluding hydrogens is 257 g/mol. The number of carbonyl (C=O) groups excluding carboxylic acids is 1. The van der Waals surface area contributed by atoms with E-state index in [0.717, 1.165) is 5.69 Å². The predicted molar refractivity (Wildman–Crippen MR) is 71.6 cm³/mol. The van der Waals surface area contributed by atoms with Crippen molar-refractivity contribution in [3.8, 4) is 0 Å². The van der Waals surface area contributed by atoms with Gasteiger partial charge in [0.2, 0.25) is 5.91 Å². The summed E-state index contributed by atoms with van der Waals surface area (Å²) in [6.45, 7) is 4.38. The van der Waals surface area contributed by atoms with Crippen LogP contribution in [0.25, 0.3) is 0 Å². The molecular formula is C13H15Cl2NO. The molecule has 1 saturated carbocycles. The lowest BCUT2D eigenvalue weighted by Crippen LogP contribution is -2.38. The summed E-state index contributed by atoms with van der Waals surface area (Å²) < 4.78 is -0.910. The minimum absolute atomic E-state index is 0.00352. The lowest BCUT2D eigenvalue weighted by atomic mass is 10.1. The fourth-order valence-corrected chi connectivity index (χ4v) is 2.68. The van der Waals surface area contributed by atoms with E-state index in [4.69, 9.17) is 23.2 Å². The molecule has 0 spiro atoms. The number of para-hydroxylation sites is 1. The first-order valence-corrected chi connectivity index (χ1v) is 6.43. The second-order valence-electron chi connectivity index (χ2n) is 4.60. The van der Waals surface area contributed by atoms with Crippen molar-refractivity contribution in [2.75, 3.05) is 11.4 Å². The van der Waals surface area contributed by atoms with E-state index in [0.29, 0.717) is 13.0 Å². The van der Waals surface area contributed by atoms with Crippen molar-refractivity contribution in [2.45, 2.75) is 24.6 Å². The Morgan fingerprint density at radius 2 is 1.88 bits per heavy atom. The largest absolute Gasteiger partial charge is 0.312 e. The minimum Gasteiger partial charge on any atom is -0.312 e. The number of alkyl halides is 2. The van der Waals surface area contributed by atoms with Gasteiger partial charge in [-0.1, -0.05) is 18.2 Å². The molecule has 0 aromatic heterocycles. The van der Waals surface area contributed by atoms with Crippen molar-refractivity contribution in [1.82, 2.24) is 0 Å². The van der Waals surface area contributed by atoms with Crippen LogP contribution in [0.15, 0.2) is 30.3 Å². The maximum Gasteiger partial charge on any atom is 0.236 e. The van der Waals surface area contributed by atoms with Gasteiger partial charge < -0.3 is 4.90 Å². The molecule has 1 fully saturated rings. The highest BCUT2D eigenvalue weighted by atomic mass is 35.5. The molecule has 2 rings (SSSR count). The number of benzene rings is 1. The zero-order valence-electron chi connectivity index (χ0n) is 9.91. The third-order valence-corrected chi connectivity index (χ3v) is 4.46. The van der Waals surface area contributed by atoms with Gasteiger partial charge in [-0.2, -0.15) is 0 Å². The van der Waals surface area contributed by atoms with Gasteiger partial charge in [0.05, 0.1) is 5.41 Å². The number of hydrogen-bond acceptors (Lipinski definition) is 1. The smallest absolute Gasteiger partial charge is 0.236 e. The summed E-state index contributed by atoms with van der Waals surface area (Å²) in [6, 6.07) is 9.58. The van der Waals surface area contributed by atoms with Gasteiger partial charge in [0.25, 0.3) is 0 Å². The normalized spacial score (nSPS) is 25.4. The van der Waals surface area contributed by atoms with Crippen LogP contribution in [0.3, 0.4) is 0 Å². The van der Waals surface area contributed by atoms with Gasteiger partial charge >= 0.3 is 0 Å². The molecule has 0 N–H and O–H groups in total. The molecule has 0 heterocycles. The number of anilines is 1. The number of amides is 1. The van der Waals surface area contributed by atoms with Crippen molar-refractivity contribution >= 4 is 34.8 Å². The van der Waals surface area contributed by atoms with E-state index in [9.17, 15) is 4.79 Å². The average molecular weight is 272 g/mol. The third kappa shape index (κ3) is 2.04. The number of nitrogens with zero attached hydrogens (tertiary/aromatic N) is 1. The molecule has 4 heteroatoms. The molecule has 1 aromatic carbocycles. The van der Waals surface area contributed by atoms with Crippen LogP contribution < -0.4 is 4.90 Å². The standard InChI is InChI=1S/C13H15Cl2NO/c1-3-16(10-7-5-4-6-8-10)11(17)12(2)9-13(12,14)15/h4-8H,3,9H2,1-2H3. The average Bonchev–Trinajstić information content (AvgIpc) is 2.82. The Morgan fingerprint density at radius 3 is 2.29 bits per heavy atom. The van der Waals surface area contributed by atoms with Crippen molar-refractivity contribution in [3.05, 3.63) is 30.3 Å². The second-order valence-corrected chi connectivity index (χ2v) is 6.08. The van der Waals surface area contributed by atoms with E-state index in [1.807, 2.05) is 44.2 Å². The van der Waals surface area contributed by atoms with Crippen LogP contribution in [0.4, 0.5) is 5.69 Å². The Morgan fingerprint density at radius 1 is 1.35 bits per heavy atom. The zero-order valence-corrected chi connectivity index (χ0v) is 11.4. The second kappa shape index (κ2) is 4.18. The highest BCUT2D eigenvalue weighted by Crippen LogP contribution is 2.64. The molecule has 0 bridgehead atoms. The van der Waals surface area contributed by atoms with Crippen LogP contribution in [0.1, 0.15) is 20.3 Å². The van der Waals surface area contributed by atoms with E-state index in [1.165, 1.54) is 0 Å². The molecule has 0 saturated heterocycles. The highest BCUT2D eigenvalue weighted by Gasteiger charge is 2.68. The van der Waals surface area contributed by atoms with Crippen molar-refractivity contribution < 1.29 is 4.79 Å². The Bertz CT molecular complexity index is 432. The van der Waals surface area contributed by atoms with E-state index >= 15 is 0 Å². The van der Waals surface area contributed by atoms with Gasteiger partial charge in [-0.25, -0.2) is 0 Å². The molecule has 92 valence electrons. The van der Waals surface area contributed by atoms with Crippen LogP contribution in [0.2, 0.25) is 0 Å². The fraction of sp³-hybridized carbons (Fsp3) is 0.462. The summed E-state index contributed by atoms with van der Waals surface area (Å²) in [5, 5.41) is 0. The summed E-state index contributed by atoms with van der Waals surface area (Å²) in [4.78, 5) is 14.2. The van der Waals surface area contributed by atoms with Crippen LogP contribution in [-0.2, 0) is 4.79 Å². The summed E-state index contributed by atoms with van der Waals surface area (Å²) in [5.41, 5.74) is 0.236. The maximum atomic E-state index is 12.4. The number of hydrogen-bond donors (Lipinski definition) is 0. The number of halogens is 2. The molecule has 17 heavy (non-hydrogen) atoms. The lowest BCUT2D eigenvalue weighted by Gasteiger charge is -2.25. The molecule has 1 aliphatic carbocycles. The van der Waals surface area contributed by atoms with E-state index in [-0.39, 0.29) is 5.91 Å². The first-order valence-electron chi connectivity index (χ1n) is 5.67. The van der Waals surface area contributed by atoms with Crippen molar-refractivity contribution in [1.29, 1.82) is 0 Å². The Hall–Kier alpha value is -0.730. The first kappa shape index (κ1) is 12.7. The van der Waals surface area contributed by atoms with Gasteiger partial charge in [-0.15, -0.1) is 23.2 Å². The van der Waals surface area contributed by atoms with Crippen molar-refractivity contribution in [2.24, 2.45) is 5.41 Å². The summed E-state index contributed by atoms with van der Waals surface area (Å²) in [7, 11) is 0. The number of rotatable bonds is 3. The third-order valence-electron chi connectivity index (χ3n) is 3.36. The summed E-state index contributed by atoms with van der Waals surface area (Å²) in [5.74, 6) is -0.00352. The topological polar surface area (TPSA) is 20.3 Å². The van der Waals surface area contributed by atoms with E-state index in [1.54, 1.807) is 4.90 Å². The van der Waals surface area contributed by atoms with Gasteiger partial charge in [-0.3, -0.25) is 4.79 Å². The Kier molecular flexibility index (Phi) is 3.13. The molecule has 1 amide bonds. The minimum atomic E-state index is -0.910. The van der Waals surface area contributed by atoms with Gasteiger partial charge in [0, 0.05) is 12.2 Å². The Labute approximate surface area is 112 Å². The lowest BCUT2D eigenvalue weighted by molar-refractivity contribution is -0.123. The molecule has 1 atom stereocenters.